The zero-order valence-electron chi connectivity index (χ0n) is 14.7. The highest BCUT2D eigenvalue weighted by molar-refractivity contribution is 6.20. The molecule has 4 rings (SSSR count). The van der Waals surface area contributed by atoms with Crippen LogP contribution in [0.2, 0.25) is 0 Å². The molecule has 1 aliphatic carbocycles. The monoisotopic (exact) mass is 328 g/mol. The lowest BCUT2D eigenvalue weighted by atomic mass is 9.71. The molecule has 1 aromatic heterocycles. The molecule has 3 heteroatoms. The van der Waals surface area contributed by atoms with E-state index in [9.17, 15) is 4.79 Å². The Bertz CT molecular complexity index is 1060. The largest absolute Gasteiger partial charge is 0.357 e. The SMILES string of the molecule is CCCc1ccc2c(c1)C(=O)c1c([nH]c3cc(C#N)ccc13)C2(C)C. The number of aryl methyl sites for hydroxylation is 1. The maximum atomic E-state index is 13.3. The molecule has 0 spiro atoms. The smallest absolute Gasteiger partial charge is 0.195 e. The van der Waals surface area contributed by atoms with Gasteiger partial charge in [-0.15, -0.1) is 0 Å². The van der Waals surface area contributed by atoms with Crippen LogP contribution < -0.4 is 0 Å². The number of ketones is 1. The summed E-state index contributed by atoms with van der Waals surface area (Å²) in [5, 5.41) is 10.0. The standard InChI is InChI=1S/C22H20N2O/c1-4-5-13-7-9-17-16(10-13)20(25)19-15-8-6-14(12-23)11-18(15)24-21(19)22(17,2)3/h6-11,24H,4-5H2,1-3H3. The fourth-order valence-electron chi connectivity index (χ4n) is 4.01. The van der Waals surface area contributed by atoms with Crippen molar-refractivity contribution < 1.29 is 4.79 Å². The Balaban J connectivity index is 2.00. The van der Waals surface area contributed by atoms with Crippen LogP contribution in [0.15, 0.2) is 36.4 Å². The van der Waals surface area contributed by atoms with Crippen molar-refractivity contribution in [2.75, 3.05) is 0 Å². The van der Waals surface area contributed by atoms with Crippen molar-refractivity contribution in [3.63, 3.8) is 0 Å². The third kappa shape index (κ3) is 2.14. The summed E-state index contributed by atoms with van der Waals surface area (Å²) >= 11 is 0. The molecule has 0 fully saturated rings. The minimum atomic E-state index is -0.283. The molecule has 1 heterocycles. The van der Waals surface area contributed by atoms with Gasteiger partial charge in [-0.1, -0.05) is 45.4 Å². The number of rotatable bonds is 2. The van der Waals surface area contributed by atoms with Crippen LogP contribution in [0.1, 0.15) is 65.5 Å². The lowest BCUT2D eigenvalue weighted by Gasteiger charge is -2.32. The number of carbonyl (C=O) groups is 1. The van der Waals surface area contributed by atoms with Gasteiger partial charge in [0.05, 0.1) is 17.2 Å². The third-order valence-corrected chi connectivity index (χ3v) is 5.32. The Morgan fingerprint density at radius 3 is 2.68 bits per heavy atom. The van der Waals surface area contributed by atoms with Crippen molar-refractivity contribution in [2.45, 2.75) is 39.0 Å². The lowest BCUT2D eigenvalue weighted by molar-refractivity contribution is 0.103. The van der Waals surface area contributed by atoms with Crippen LogP contribution >= 0.6 is 0 Å². The van der Waals surface area contributed by atoms with E-state index in [1.165, 1.54) is 5.56 Å². The van der Waals surface area contributed by atoms with Crippen molar-refractivity contribution in [1.29, 1.82) is 5.26 Å². The average Bonchev–Trinajstić information content (AvgIpc) is 3.00. The molecule has 25 heavy (non-hydrogen) atoms. The van der Waals surface area contributed by atoms with E-state index in [2.05, 4.69) is 50.0 Å². The van der Waals surface area contributed by atoms with Gasteiger partial charge in [-0.05, 0) is 35.7 Å². The molecule has 1 aliphatic rings. The normalized spacial score (nSPS) is 14.9. The molecule has 124 valence electrons. The average molecular weight is 328 g/mol. The first kappa shape index (κ1) is 15.7. The fraction of sp³-hybridized carbons (Fsp3) is 0.273. The zero-order chi connectivity index (χ0) is 17.8. The Kier molecular flexibility index (Phi) is 3.33. The van der Waals surface area contributed by atoms with Crippen molar-refractivity contribution in [1.82, 2.24) is 4.98 Å². The van der Waals surface area contributed by atoms with Crippen molar-refractivity contribution in [3.05, 3.63) is 69.9 Å². The molecule has 3 nitrogen and oxygen atoms in total. The molecule has 0 aliphatic heterocycles. The predicted octanol–water partition coefficient (Wildman–Crippen LogP) is 4.86. The van der Waals surface area contributed by atoms with E-state index in [1.807, 2.05) is 12.1 Å². The second-order valence-electron chi connectivity index (χ2n) is 7.33. The summed E-state index contributed by atoms with van der Waals surface area (Å²) in [6.07, 6.45) is 2.04. The highest BCUT2D eigenvalue weighted by Crippen LogP contribution is 2.43. The molecule has 1 N–H and O–H groups in total. The molecule has 0 radical (unpaired) electrons. The van der Waals surface area contributed by atoms with Gasteiger partial charge in [0.1, 0.15) is 0 Å². The van der Waals surface area contributed by atoms with Crippen LogP contribution in [0.25, 0.3) is 10.9 Å². The topological polar surface area (TPSA) is 56.6 Å². The Morgan fingerprint density at radius 1 is 1.16 bits per heavy atom. The minimum absolute atomic E-state index is 0.0817. The molecule has 0 unspecified atom stereocenters. The number of H-pyrrole nitrogens is 1. The van der Waals surface area contributed by atoms with Gasteiger partial charge in [0.25, 0.3) is 0 Å². The number of hydrogen-bond donors (Lipinski definition) is 1. The van der Waals surface area contributed by atoms with E-state index in [1.54, 1.807) is 6.07 Å². The van der Waals surface area contributed by atoms with E-state index >= 15 is 0 Å². The number of nitriles is 1. The summed E-state index contributed by atoms with van der Waals surface area (Å²) in [5.74, 6) is 0.0817. The Hall–Kier alpha value is -2.86. The Morgan fingerprint density at radius 2 is 1.96 bits per heavy atom. The Labute approximate surface area is 147 Å². The van der Waals surface area contributed by atoms with Crippen molar-refractivity contribution >= 4 is 16.7 Å². The van der Waals surface area contributed by atoms with Crippen LogP contribution in [0.5, 0.6) is 0 Å². The fourth-order valence-corrected chi connectivity index (χ4v) is 4.01. The highest BCUT2D eigenvalue weighted by atomic mass is 16.1. The quantitative estimate of drug-likeness (QED) is 0.730. The number of carbonyl (C=O) groups excluding carboxylic acids is 1. The van der Waals surface area contributed by atoms with E-state index in [0.717, 1.165) is 46.1 Å². The van der Waals surface area contributed by atoms with Crippen molar-refractivity contribution in [2.24, 2.45) is 0 Å². The number of fused-ring (bicyclic) bond motifs is 4. The van der Waals surface area contributed by atoms with Crippen LogP contribution in [-0.4, -0.2) is 10.8 Å². The van der Waals surface area contributed by atoms with Crippen LogP contribution in [0.4, 0.5) is 0 Å². The summed E-state index contributed by atoms with van der Waals surface area (Å²) in [7, 11) is 0. The summed E-state index contributed by atoms with van der Waals surface area (Å²) in [6, 6.07) is 14.0. The van der Waals surface area contributed by atoms with Gasteiger partial charge >= 0.3 is 0 Å². The maximum absolute atomic E-state index is 13.3. The van der Waals surface area contributed by atoms with Crippen molar-refractivity contribution in [3.8, 4) is 6.07 Å². The van der Waals surface area contributed by atoms with Crippen LogP contribution in [0, 0.1) is 11.3 Å². The number of aromatic amines is 1. The molecule has 0 amide bonds. The van der Waals surface area contributed by atoms with Crippen LogP contribution in [-0.2, 0) is 11.8 Å². The van der Waals surface area contributed by atoms with E-state index in [-0.39, 0.29) is 11.2 Å². The van der Waals surface area contributed by atoms with E-state index in [0.29, 0.717) is 5.56 Å². The zero-order valence-corrected chi connectivity index (χ0v) is 14.7. The number of aromatic nitrogens is 1. The highest BCUT2D eigenvalue weighted by Gasteiger charge is 2.39. The molecular formula is C22H20N2O. The predicted molar refractivity (Wildman–Crippen MR) is 99.0 cm³/mol. The molecular weight excluding hydrogens is 308 g/mol. The molecule has 3 aromatic rings. The summed E-state index contributed by atoms with van der Waals surface area (Å²) in [6.45, 7) is 6.45. The van der Waals surface area contributed by atoms with Gasteiger partial charge in [0.2, 0.25) is 0 Å². The lowest BCUT2D eigenvalue weighted by Crippen LogP contribution is -2.30. The number of nitrogens with zero attached hydrogens (tertiary/aromatic N) is 1. The van der Waals surface area contributed by atoms with Gasteiger partial charge in [-0.3, -0.25) is 4.79 Å². The molecule has 0 atom stereocenters. The first-order valence-corrected chi connectivity index (χ1v) is 8.71. The minimum Gasteiger partial charge on any atom is -0.357 e. The molecule has 0 saturated heterocycles. The van der Waals surface area contributed by atoms with Gasteiger partial charge in [-0.25, -0.2) is 0 Å². The van der Waals surface area contributed by atoms with E-state index in [4.69, 9.17) is 5.26 Å². The summed E-state index contributed by atoms with van der Waals surface area (Å²) < 4.78 is 0. The van der Waals surface area contributed by atoms with Gasteiger partial charge in [-0.2, -0.15) is 5.26 Å². The first-order valence-electron chi connectivity index (χ1n) is 8.71. The first-order chi connectivity index (χ1) is 12.0. The van der Waals surface area contributed by atoms with E-state index < -0.39 is 0 Å². The molecule has 0 saturated carbocycles. The van der Waals surface area contributed by atoms with Gasteiger partial charge in [0, 0.05) is 27.6 Å². The summed E-state index contributed by atoms with van der Waals surface area (Å²) in [4.78, 5) is 16.7. The number of nitrogens with one attached hydrogen (secondary N) is 1. The number of benzene rings is 2. The second kappa shape index (κ2) is 5.32. The third-order valence-electron chi connectivity index (χ3n) is 5.32. The second-order valence-corrected chi connectivity index (χ2v) is 7.33. The van der Waals surface area contributed by atoms with Gasteiger partial charge in [0.15, 0.2) is 5.78 Å². The van der Waals surface area contributed by atoms with Crippen LogP contribution in [0.3, 0.4) is 0 Å². The molecule has 0 bridgehead atoms. The molecule has 2 aromatic carbocycles. The maximum Gasteiger partial charge on any atom is 0.195 e. The summed E-state index contributed by atoms with van der Waals surface area (Å²) in [5.41, 5.74) is 5.95. The van der Waals surface area contributed by atoms with Gasteiger partial charge < -0.3 is 4.98 Å². The number of hydrogen-bond acceptors (Lipinski definition) is 2.